The second kappa shape index (κ2) is 12.9. The van der Waals surface area contributed by atoms with E-state index in [1.165, 1.54) is 6.92 Å². The predicted molar refractivity (Wildman–Crippen MR) is 107 cm³/mol. The van der Waals surface area contributed by atoms with Gasteiger partial charge in [-0.05, 0) is 6.92 Å². The predicted octanol–water partition coefficient (Wildman–Crippen LogP) is -1.66. The Morgan fingerprint density at radius 1 is 1.16 bits per heavy atom. The molecular formula is C14H24Cl2N6O10. The number of aliphatic hydroxyl groups is 4. The van der Waals surface area contributed by atoms with Gasteiger partial charge in [-0.25, -0.2) is 9.59 Å². The van der Waals surface area contributed by atoms with Gasteiger partial charge in [0.15, 0.2) is 6.23 Å². The summed E-state index contributed by atoms with van der Waals surface area (Å²) >= 11 is 10.9. The number of ether oxygens (including phenoxy) is 2. The van der Waals surface area contributed by atoms with Crippen molar-refractivity contribution in [3.8, 4) is 0 Å². The number of rotatable bonds is 11. The molecule has 4 amide bonds. The first kappa shape index (κ1) is 28.1. The molecule has 16 nitrogen and oxygen atoms in total. The first-order chi connectivity index (χ1) is 15.1. The van der Waals surface area contributed by atoms with E-state index in [0.717, 1.165) is 0 Å². The van der Waals surface area contributed by atoms with Crippen molar-refractivity contribution >= 4 is 35.3 Å². The van der Waals surface area contributed by atoms with Crippen LogP contribution in [0.5, 0.6) is 0 Å². The number of nitrogens with zero attached hydrogens (tertiary/aromatic N) is 4. The van der Waals surface area contributed by atoms with Crippen molar-refractivity contribution in [3.63, 3.8) is 0 Å². The number of hydrogen-bond acceptors (Lipinski definition) is 12. The smallest absolute Gasteiger partial charge is 0.342 e. The Hall–Kier alpha value is -1.92. The number of hydrogen-bond donors (Lipinski definition) is 6. The van der Waals surface area contributed by atoms with Gasteiger partial charge in [-0.2, -0.15) is 10.0 Å². The molecule has 0 saturated carbocycles. The Labute approximate surface area is 191 Å². The number of nitrogens with one attached hydrogen (secondary N) is 2. The van der Waals surface area contributed by atoms with E-state index in [2.05, 4.69) is 10.6 Å². The molecule has 18 heteroatoms. The van der Waals surface area contributed by atoms with Gasteiger partial charge in [0.2, 0.25) is 12.0 Å². The largest absolute Gasteiger partial charge is 0.387 e. The summed E-state index contributed by atoms with van der Waals surface area (Å²) < 4.78 is 10.4. The van der Waals surface area contributed by atoms with Crippen LogP contribution < -0.4 is 10.6 Å². The van der Waals surface area contributed by atoms with E-state index in [1.807, 2.05) is 10.6 Å². The third-order valence-corrected chi connectivity index (χ3v) is 4.56. The molecule has 1 aliphatic rings. The lowest BCUT2D eigenvalue weighted by Crippen LogP contribution is -2.76. The van der Waals surface area contributed by atoms with Crippen LogP contribution in [0, 0.1) is 9.81 Å². The Bertz CT molecular complexity index is 663. The third-order valence-electron chi connectivity index (χ3n) is 4.22. The number of nitroso groups, excluding NO2 is 2. The lowest BCUT2D eigenvalue weighted by atomic mass is 9.92. The lowest BCUT2D eigenvalue weighted by molar-refractivity contribution is -0.353. The van der Waals surface area contributed by atoms with E-state index < -0.39 is 48.6 Å². The van der Waals surface area contributed by atoms with Gasteiger partial charge in [0, 0.05) is 18.4 Å². The summed E-state index contributed by atoms with van der Waals surface area (Å²) in [6.07, 6.45) is -10.1. The molecule has 1 rings (SSSR count). The van der Waals surface area contributed by atoms with E-state index in [-0.39, 0.29) is 31.5 Å². The van der Waals surface area contributed by atoms with E-state index in [1.54, 1.807) is 0 Å². The monoisotopic (exact) mass is 506 g/mol. The number of urea groups is 2. The average Bonchev–Trinajstić information content (AvgIpc) is 2.76. The summed E-state index contributed by atoms with van der Waals surface area (Å²) in [5, 5.41) is 51.1. The van der Waals surface area contributed by atoms with Crippen LogP contribution >= 0.6 is 23.2 Å². The summed E-state index contributed by atoms with van der Waals surface area (Å²) in [6, 6.07) is -2.50. The van der Waals surface area contributed by atoms with Crippen LogP contribution in [0.25, 0.3) is 0 Å². The summed E-state index contributed by atoms with van der Waals surface area (Å²) in [5.41, 5.74) is -2.82. The quantitative estimate of drug-likeness (QED) is 0.0808. The lowest BCUT2D eigenvalue weighted by Gasteiger charge is -2.48. The molecule has 0 spiro atoms. The molecule has 32 heavy (non-hydrogen) atoms. The molecule has 6 N–H and O–H groups in total. The van der Waals surface area contributed by atoms with Crippen LogP contribution in [0.3, 0.4) is 0 Å². The molecule has 0 aliphatic carbocycles. The molecular weight excluding hydrogens is 483 g/mol. The fourth-order valence-corrected chi connectivity index (χ4v) is 2.98. The normalized spacial score (nSPS) is 28.3. The molecule has 0 aromatic carbocycles. The minimum absolute atomic E-state index is 0.142. The van der Waals surface area contributed by atoms with Crippen molar-refractivity contribution in [2.45, 2.75) is 43.5 Å². The van der Waals surface area contributed by atoms with Gasteiger partial charge in [-0.1, -0.05) is 0 Å². The molecule has 0 aromatic rings. The van der Waals surface area contributed by atoms with Gasteiger partial charge in [0.1, 0.15) is 18.3 Å². The number of aliphatic hydroxyl groups excluding tert-OH is 3. The number of carbonyl (C=O) groups is 2. The van der Waals surface area contributed by atoms with Crippen molar-refractivity contribution in [2.75, 3.05) is 31.5 Å². The van der Waals surface area contributed by atoms with Crippen molar-refractivity contribution in [2.24, 2.45) is 10.6 Å². The first-order valence-corrected chi connectivity index (χ1v) is 10.2. The molecule has 1 fully saturated rings. The number of halogens is 2. The van der Waals surface area contributed by atoms with Gasteiger partial charge >= 0.3 is 12.1 Å². The Morgan fingerprint density at radius 2 is 1.69 bits per heavy atom. The number of carbonyl (C=O) groups excluding carboxylic acids is 2. The number of amides is 4. The molecule has 1 heterocycles. The van der Waals surface area contributed by atoms with Gasteiger partial charge in [0.25, 0.3) is 0 Å². The van der Waals surface area contributed by atoms with Crippen molar-refractivity contribution < 1.29 is 39.5 Å². The molecule has 0 radical (unpaired) electrons. The highest BCUT2D eigenvalue weighted by Crippen LogP contribution is 2.30. The maximum atomic E-state index is 12.2. The zero-order valence-corrected chi connectivity index (χ0v) is 18.2. The molecule has 0 bridgehead atoms. The molecule has 1 saturated heterocycles. The van der Waals surface area contributed by atoms with E-state index in [4.69, 9.17) is 32.7 Å². The molecule has 1 aliphatic heterocycles. The van der Waals surface area contributed by atoms with Crippen molar-refractivity contribution in [3.05, 3.63) is 9.81 Å². The van der Waals surface area contributed by atoms with Gasteiger partial charge in [-0.3, -0.25) is 0 Å². The average molecular weight is 507 g/mol. The van der Waals surface area contributed by atoms with Crippen LogP contribution in [0.15, 0.2) is 10.6 Å². The van der Waals surface area contributed by atoms with Crippen LogP contribution in [-0.4, -0.2) is 111 Å². The Morgan fingerprint density at radius 3 is 2.16 bits per heavy atom. The first-order valence-electron chi connectivity index (χ1n) is 9.10. The zero-order valence-electron chi connectivity index (χ0n) is 16.7. The van der Waals surface area contributed by atoms with Crippen LogP contribution in [0.2, 0.25) is 0 Å². The Kier molecular flexibility index (Phi) is 11.4. The fraction of sp³-hybridized carbons (Fsp3) is 0.857. The van der Waals surface area contributed by atoms with Gasteiger partial charge in [0.05, 0.1) is 23.7 Å². The van der Waals surface area contributed by atoms with E-state index in [9.17, 15) is 39.8 Å². The highest BCUT2D eigenvalue weighted by atomic mass is 35.5. The standard InChI is InChI=1S/C14H24Cl2N6O10/c1-2-31-11-14(28,18-13(27)22(20-30)6-4-16)9(24)7(23)8(32-11)10(25)17-12(26)21(19-29)5-3-15/h7-11,23-25,28H,2-6H2,1H3,(H,17,26)(H,18,27)/t7-,8+,9+,10?,11+,14-/m1/s1. The Balaban J connectivity index is 3.06. The zero-order chi connectivity index (χ0) is 24.5. The second-order valence-corrected chi connectivity index (χ2v) is 7.02. The topological polar surface area (TPSA) is 223 Å². The summed E-state index contributed by atoms with van der Waals surface area (Å²) in [6.45, 7) is 0.680. The minimum Gasteiger partial charge on any atom is -0.387 e. The summed E-state index contributed by atoms with van der Waals surface area (Å²) in [4.78, 5) is 45.6. The molecule has 184 valence electrons. The van der Waals surface area contributed by atoms with Crippen LogP contribution in [0.4, 0.5) is 9.59 Å². The minimum atomic E-state index is -2.82. The van der Waals surface area contributed by atoms with Crippen molar-refractivity contribution in [1.82, 2.24) is 20.7 Å². The highest BCUT2D eigenvalue weighted by Gasteiger charge is 2.58. The maximum absolute atomic E-state index is 12.2. The second-order valence-electron chi connectivity index (χ2n) is 6.26. The van der Waals surface area contributed by atoms with Gasteiger partial charge in [-0.15, -0.1) is 33.0 Å². The van der Waals surface area contributed by atoms with Crippen LogP contribution in [-0.2, 0) is 9.47 Å². The van der Waals surface area contributed by atoms with Gasteiger partial charge < -0.3 is 40.5 Å². The summed E-state index contributed by atoms with van der Waals surface area (Å²) in [7, 11) is 0. The summed E-state index contributed by atoms with van der Waals surface area (Å²) in [5.74, 6) is -0.329. The van der Waals surface area contributed by atoms with E-state index >= 15 is 0 Å². The highest BCUT2D eigenvalue weighted by molar-refractivity contribution is 6.18. The third kappa shape index (κ3) is 6.55. The molecule has 1 unspecified atom stereocenters. The SMILES string of the molecule is CCO[C@H]1O[C@H](C(O)NC(=O)N(CCCl)N=O)[C@@H](O)[C@H](O)[C@]1(O)NC(=O)N(CCCl)N=O. The fourth-order valence-electron chi connectivity index (χ4n) is 2.66. The molecule has 6 atom stereocenters. The maximum Gasteiger partial charge on any atom is 0.342 e. The van der Waals surface area contributed by atoms with E-state index in [0.29, 0.717) is 10.0 Å². The van der Waals surface area contributed by atoms with Crippen LogP contribution in [0.1, 0.15) is 6.92 Å². The van der Waals surface area contributed by atoms with Crippen molar-refractivity contribution in [1.29, 1.82) is 0 Å². The number of alkyl halides is 2. The molecule has 0 aromatic heterocycles.